The zero-order chi connectivity index (χ0) is 11.9. The highest BCUT2D eigenvalue weighted by molar-refractivity contribution is 5.37. The topological polar surface area (TPSA) is 102 Å². The number of hydrogen-bond acceptors (Lipinski definition) is 8. The first-order valence-corrected chi connectivity index (χ1v) is 5.32. The molecule has 0 radical (unpaired) electrons. The normalized spacial score (nSPS) is 10.4. The van der Waals surface area contributed by atoms with E-state index in [9.17, 15) is 0 Å². The first-order chi connectivity index (χ1) is 8.38. The van der Waals surface area contributed by atoms with Crippen molar-refractivity contribution in [1.29, 1.82) is 0 Å². The highest BCUT2D eigenvalue weighted by Gasteiger charge is 2.06. The summed E-state index contributed by atoms with van der Waals surface area (Å²) in [5.41, 5.74) is 0. The maximum Gasteiger partial charge on any atom is 0.322 e. The van der Waals surface area contributed by atoms with E-state index in [4.69, 9.17) is 4.42 Å². The maximum atomic E-state index is 5.33. The number of nitrogens with one attached hydrogen (secondary N) is 2. The van der Waals surface area contributed by atoms with Gasteiger partial charge in [-0.05, 0) is 13.0 Å². The Morgan fingerprint density at radius 1 is 1.24 bits per heavy atom. The lowest BCUT2D eigenvalue weighted by Gasteiger charge is -1.97. The van der Waals surface area contributed by atoms with Gasteiger partial charge in [0.2, 0.25) is 5.89 Å². The SMILES string of the molecule is CCCNCc1nnc(Nc2nccnn2)o1. The predicted octanol–water partition coefficient (Wildman–Crippen LogP) is 0.498. The van der Waals surface area contributed by atoms with Crippen LogP contribution in [-0.4, -0.2) is 31.9 Å². The van der Waals surface area contributed by atoms with Crippen molar-refractivity contribution in [2.75, 3.05) is 11.9 Å². The first kappa shape index (κ1) is 11.4. The summed E-state index contributed by atoms with van der Waals surface area (Å²) >= 11 is 0. The van der Waals surface area contributed by atoms with Crippen LogP contribution in [-0.2, 0) is 6.54 Å². The molecular formula is C9H13N7O. The molecular weight excluding hydrogens is 222 g/mol. The van der Waals surface area contributed by atoms with Crippen molar-refractivity contribution in [1.82, 2.24) is 30.7 Å². The molecule has 0 aliphatic carbocycles. The van der Waals surface area contributed by atoms with Gasteiger partial charge in [0.15, 0.2) is 0 Å². The molecule has 0 aliphatic rings. The summed E-state index contributed by atoms with van der Waals surface area (Å²) in [6, 6.07) is 0.256. The lowest BCUT2D eigenvalue weighted by molar-refractivity contribution is 0.479. The second-order valence-corrected chi connectivity index (χ2v) is 3.27. The van der Waals surface area contributed by atoms with Gasteiger partial charge in [-0.3, -0.25) is 5.32 Å². The Balaban J connectivity index is 1.90. The Labute approximate surface area is 97.9 Å². The molecule has 2 N–H and O–H groups in total. The van der Waals surface area contributed by atoms with Gasteiger partial charge in [-0.1, -0.05) is 12.0 Å². The summed E-state index contributed by atoms with van der Waals surface area (Å²) in [5, 5.41) is 21.0. The Kier molecular flexibility index (Phi) is 3.92. The molecule has 0 spiro atoms. The van der Waals surface area contributed by atoms with Crippen LogP contribution in [0.5, 0.6) is 0 Å². The van der Waals surface area contributed by atoms with E-state index in [-0.39, 0.29) is 6.01 Å². The van der Waals surface area contributed by atoms with E-state index in [1.54, 1.807) is 0 Å². The first-order valence-electron chi connectivity index (χ1n) is 5.32. The number of nitrogens with zero attached hydrogens (tertiary/aromatic N) is 5. The minimum Gasteiger partial charge on any atom is -0.406 e. The zero-order valence-electron chi connectivity index (χ0n) is 9.42. The van der Waals surface area contributed by atoms with Gasteiger partial charge in [0.1, 0.15) is 0 Å². The van der Waals surface area contributed by atoms with Crippen LogP contribution in [0.25, 0.3) is 0 Å². The molecule has 0 aromatic carbocycles. The smallest absolute Gasteiger partial charge is 0.322 e. The monoisotopic (exact) mass is 235 g/mol. The third kappa shape index (κ3) is 3.45. The summed E-state index contributed by atoms with van der Waals surface area (Å²) in [6.45, 7) is 3.56. The lowest BCUT2D eigenvalue weighted by Crippen LogP contribution is -2.13. The van der Waals surface area contributed by atoms with Crippen molar-refractivity contribution in [3.63, 3.8) is 0 Å². The third-order valence-corrected chi connectivity index (χ3v) is 1.87. The molecule has 2 aromatic heterocycles. The van der Waals surface area contributed by atoms with E-state index in [0.29, 0.717) is 18.4 Å². The van der Waals surface area contributed by atoms with E-state index in [0.717, 1.165) is 13.0 Å². The van der Waals surface area contributed by atoms with Crippen molar-refractivity contribution in [3.8, 4) is 0 Å². The quantitative estimate of drug-likeness (QED) is 0.698. The van der Waals surface area contributed by atoms with Crippen LogP contribution in [0.15, 0.2) is 16.8 Å². The molecule has 8 heteroatoms. The van der Waals surface area contributed by atoms with Crippen LogP contribution >= 0.6 is 0 Å². The Bertz CT molecular complexity index is 444. The molecule has 2 heterocycles. The minimum absolute atomic E-state index is 0.256. The van der Waals surface area contributed by atoms with Gasteiger partial charge in [0.05, 0.1) is 18.9 Å². The second-order valence-electron chi connectivity index (χ2n) is 3.27. The number of rotatable bonds is 6. The fourth-order valence-corrected chi connectivity index (χ4v) is 1.15. The predicted molar refractivity (Wildman–Crippen MR) is 59.4 cm³/mol. The molecule has 2 aromatic rings. The summed E-state index contributed by atoms with van der Waals surface area (Å²) in [7, 11) is 0. The highest BCUT2D eigenvalue weighted by atomic mass is 16.4. The van der Waals surface area contributed by atoms with Gasteiger partial charge in [-0.25, -0.2) is 4.98 Å². The second kappa shape index (κ2) is 5.85. The average molecular weight is 235 g/mol. The molecule has 17 heavy (non-hydrogen) atoms. The molecule has 0 saturated carbocycles. The van der Waals surface area contributed by atoms with E-state index in [1.807, 2.05) is 0 Å². The summed E-state index contributed by atoms with van der Waals surface area (Å²) < 4.78 is 5.33. The molecule has 0 aliphatic heterocycles. The van der Waals surface area contributed by atoms with Crippen LogP contribution in [0.2, 0.25) is 0 Å². The molecule has 2 rings (SSSR count). The van der Waals surface area contributed by atoms with Gasteiger partial charge >= 0.3 is 6.01 Å². The average Bonchev–Trinajstić information content (AvgIpc) is 2.79. The van der Waals surface area contributed by atoms with Gasteiger partial charge in [0, 0.05) is 0 Å². The Hall–Kier alpha value is -2.09. The molecule has 0 saturated heterocycles. The molecule has 90 valence electrons. The van der Waals surface area contributed by atoms with Gasteiger partial charge in [-0.2, -0.15) is 5.10 Å². The van der Waals surface area contributed by atoms with Crippen molar-refractivity contribution in [2.45, 2.75) is 19.9 Å². The number of hydrogen-bond donors (Lipinski definition) is 2. The van der Waals surface area contributed by atoms with E-state index >= 15 is 0 Å². The van der Waals surface area contributed by atoms with Crippen LogP contribution in [0.1, 0.15) is 19.2 Å². The van der Waals surface area contributed by atoms with Crippen LogP contribution in [0, 0.1) is 0 Å². The summed E-state index contributed by atoms with van der Waals surface area (Å²) in [5.74, 6) is 0.842. The van der Waals surface area contributed by atoms with Crippen LogP contribution < -0.4 is 10.6 Å². The van der Waals surface area contributed by atoms with Gasteiger partial charge in [-0.15, -0.1) is 10.2 Å². The fourth-order valence-electron chi connectivity index (χ4n) is 1.15. The van der Waals surface area contributed by atoms with Crippen molar-refractivity contribution in [2.24, 2.45) is 0 Å². The lowest BCUT2D eigenvalue weighted by atomic mass is 10.5. The largest absolute Gasteiger partial charge is 0.406 e. The van der Waals surface area contributed by atoms with Gasteiger partial charge < -0.3 is 9.73 Å². The molecule has 0 fully saturated rings. The molecule has 0 atom stereocenters. The van der Waals surface area contributed by atoms with Crippen molar-refractivity contribution >= 4 is 12.0 Å². The van der Waals surface area contributed by atoms with Crippen molar-refractivity contribution in [3.05, 3.63) is 18.3 Å². The Morgan fingerprint density at radius 2 is 2.18 bits per heavy atom. The molecule has 0 bridgehead atoms. The maximum absolute atomic E-state index is 5.33. The number of aromatic nitrogens is 5. The highest BCUT2D eigenvalue weighted by Crippen LogP contribution is 2.09. The number of anilines is 2. The summed E-state index contributed by atoms with van der Waals surface area (Å²) in [6.07, 6.45) is 4.07. The summed E-state index contributed by atoms with van der Waals surface area (Å²) in [4.78, 5) is 3.93. The van der Waals surface area contributed by atoms with E-state index < -0.39 is 0 Å². The van der Waals surface area contributed by atoms with E-state index in [1.165, 1.54) is 12.4 Å². The van der Waals surface area contributed by atoms with Crippen LogP contribution in [0.3, 0.4) is 0 Å². The third-order valence-electron chi connectivity index (χ3n) is 1.87. The van der Waals surface area contributed by atoms with Crippen molar-refractivity contribution < 1.29 is 4.42 Å². The van der Waals surface area contributed by atoms with E-state index in [2.05, 4.69) is 42.9 Å². The van der Waals surface area contributed by atoms with Crippen LogP contribution in [0.4, 0.5) is 12.0 Å². The zero-order valence-corrected chi connectivity index (χ0v) is 9.42. The Morgan fingerprint density at radius 3 is 2.94 bits per heavy atom. The molecule has 8 nitrogen and oxygen atoms in total. The fraction of sp³-hybridized carbons (Fsp3) is 0.444. The molecule has 0 amide bonds. The van der Waals surface area contributed by atoms with Gasteiger partial charge in [0.25, 0.3) is 5.95 Å². The standard InChI is InChI=1S/C9H13N7O/c1-2-3-10-6-7-14-16-9(17-7)13-8-11-4-5-12-15-8/h4-5,10H,2-3,6H2,1H3,(H,11,13,15,16). The minimum atomic E-state index is 0.256. The molecule has 0 unspecified atom stereocenters.